The van der Waals surface area contributed by atoms with E-state index in [0.29, 0.717) is 12.0 Å². The van der Waals surface area contributed by atoms with Gasteiger partial charge in [0.15, 0.2) is 0 Å². The molecule has 0 aromatic heterocycles. The molecule has 0 saturated heterocycles. The average Bonchev–Trinajstić information content (AvgIpc) is 2.44. The number of halogens is 1. The van der Waals surface area contributed by atoms with E-state index in [1.807, 2.05) is 0 Å². The summed E-state index contributed by atoms with van der Waals surface area (Å²) >= 11 is 0. The van der Waals surface area contributed by atoms with Crippen molar-refractivity contribution in [1.82, 2.24) is 5.32 Å². The lowest BCUT2D eigenvalue weighted by molar-refractivity contribution is -0.127. The number of hydrogen-bond acceptors (Lipinski definition) is 2. The highest BCUT2D eigenvalue weighted by Gasteiger charge is 2.17. The van der Waals surface area contributed by atoms with E-state index in [1.165, 1.54) is 12.1 Å². The molecule has 1 aromatic carbocycles. The topological polar surface area (TPSA) is 72.2 Å². The van der Waals surface area contributed by atoms with Crippen molar-refractivity contribution >= 4 is 11.8 Å². The normalized spacial score (nSPS) is 11.9. The Hall–Kier alpha value is -1.91. The minimum Gasteiger partial charge on any atom is -0.368 e. The van der Waals surface area contributed by atoms with E-state index in [2.05, 4.69) is 12.2 Å². The second-order valence-corrected chi connectivity index (χ2v) is 5.18. The molecule has 0 aliphatic carbocycles. The van der Waals surface area contributed by atoms with Crippen LogP contribution >= 0.6 is 0 Å². The van der Waals surface area contributed by atoms with Gasteiger partial charge in [0.05, 0.1) is 6.42 Å². The highest BCUT2D eigenvalue weighted by atomic mass is 19.1. The van der Waals surface area contributed by atoms with E-state index >= 15 is 0 Å². The fourth-order valence-electron chi connectivity index (χ4n) is 2.09. The van der Waals surface area contributed by atoms with Crippen LogP contribution < -0.4 is 11.1 Å². The Morgan fingerprint density at radius 2 is 1.86 bits per heavy atom. The Labute approximate surface area is 124 Å². The van der Waals surface area contributed by atoms with Crippen molar-refractivity contribution in [3.63, 3.8) is 0 Å². The number of carbonyl (C=O) groups is 2. The maximum atomic E-state index is 12.8. The molecule has 0 spiro atoms. The summed E-state index contributed by atoms with van der Waals surface area (Å²) in [6.07, 6.45) is 4.77. The third-order valence-corrected chi connectivity index (χ3v) is 3.30. The molecule has 0 aliphatic heterocycles. The van der Waals surface area contributed by atoms with Crippen LogP contribution in [-0.4, -0.2) is 17.9 Å². The molecule has 5 heteroatoms. The largest absolute Gasteiger partial charge is 0.368 e. The Balaban J connectivity index is 2.44. The van der Waals surface area contributed by atoms with Crippen LogP contribution in [0.15, 0.2) is 24.3 Å². The van der Waals surface area contributed by atoms with Crippen LogP contribution in [0.5, 0.6) is 0 Å². The van der Waals surface area contributed by atoms with E-state index in [9.17, 15) is 14.0 Å². The lowest BCUT2D eigenvalue weighted by Crippen LogP contribution is -2.44. The minimum atomic E-state index is -0.630. The number of benzene rings is 1. The first-order valence-electron chi connectivity index (χ1n) is 7.36. The van der Waals surface area contributed by atoms with Crippen LogP contribution in [0, 0.1) is 5.82 Å². The lowest BCUT2D eigenvalue weighted by atomic mass is 10.1. The van der Waals surface area contributed by atoms with Gasteiger partial charge in [0.2, 0.25) is 11.8 Å². The predicted molar refractivity (Wildman–Crippen MR) is 80.0 cm³/mol. The maximum Gasteiger partial charge on any atom is 0.239 e. The zero-order valence-corrected chi connectivity index (χ0v) is 12.4. The molecule has 0 bridgehead atoms. The van der Waals surface area contributed by atoms with Gasteiger partial charge in [-0.1, -0.05) is 44.7 Å². The van der Waals surface area contributed by atoms with Crippen LogP contribution in [0.2, 0.25) is 0 Å². The first-order chi connectivity index (χ1) is 10.0. The van der Waals surface area contributed by atoms with Crippen LogP contribution in [0.4, 0.5) is 4.39 Å². The number of amides is 2. The van der Waals surface area contributed by atoms with Gasteiger partial charge in [0, 0.05) is 0 Å². The van der Waals surface area contributed by atoms with Crippen molar-refractivity contribution in [3.8, 4) is 0 Å². The van der Waals surface area contributed by atoms with Gasteiger partial charge in [-0.2, -0.15) is 0 Å². The van der Waals surface area contributed by atoms with Crippen LogP contribution in [0.25, 0.3) is 0 Å². The lowest BCUT2D eigenvalue weighted by Gasteiger charge is -2.15. The first-order valence-corrected chi connectivity index (χ1v) is 7.36. The molecular weight excluding hydrogens is 271 g/mol. The smallest absolute Gasteiger partial charge is 0.239 e. The summed E-state index contributed by atoms with van der Waals surface area (Å²) < 4.78 is 12.8. The Kier molecular flexibility index (Phi) is 7.43. The second-order valence-electron chi connectivity index (χ2n) is 5.18. The molecule has 0 aliphatic rings. The van der Waals surface area contributed by atoms with E-state index in [1.54, 1.807) is 12.1 Å². The van der Waals surface area contributed by atoms with Crippen LogP contribution in [0.3, 0.4) is 0 Å². The van der Waals surface area contributed by atoms with E-state index in [-0.39, 0.29) is 18.1 Å². The van der Waals surface area contributed by atoms with Gasteiger partial charge in [-0.3, -0.25) is 9.59 Å². The zero-order chi connectivity index (χ0) is 15.7. The molecule has 0 fully saturated rings. The minimum absolute atomic E-state index is 0.110. The SMILES string of the molecule is CCCCCC[C@H](NC(=O)Cc1ccc(F)cc1)C(N)=O. The predicted octanol–water partition coefficient (Wildman–Crippen LogP) is 2.31. The summed E-state index contributed by atoms with van der Waals surface area (Å²) in [5, 5.41) is 2.65. The van der Waals surface area contributed by atoms with Gasteiger partial charge in [-0.15, -0.1) is 0 Å². The first kappa shape index (κ1) is 17.1. The fraction of sp³-hybridized carbons (Fsp3) is 0.500. The summed E-state index contributed by atoms with van der Waals surface area (Å²) in [4.78, 5) is 23.2. The summed E-state index contributed by atoms with van der Waals surface area (Å²) in [6, 6.07) is 5.08. The van der Waals surface area contributed by atoms with Crippen molar-refractivity contribution in [3.05, 3.63) is 35.6 Å². The van der Waals surface area contributed by atoms with Gasteiger partial charge in [0.1, 0.15) is 11.9 Å². The number of rotatable bonds is 9. The van der Waals surface area contributed by atoms with Crippen LogP contribution in [0.1, 0.15) is 44.6 Å². The molecule has 1 atom stereocenters. The van der Waals surface area contributed by atoms with Crippen molar-refractivity contribution in [2.24, 2.45) is 5.73 Å². The number of primary amides is 1. The standard InChI is InChI=1S/C16H23FN2O2/c1-2-3-4-5-6-14(16(18)21)19-15(20)11-12-7-9-13(17)10-8-12/h7-10,14H,2-6,11H2,1H3,(H2,18,21)(H,19,20)/t14-/m0/s1. The zero-order valence-electron chi connectivity index (χ0n) is 12.4. The van der Waals surface area contributed by atoms with E-state index in [4.69, 9.17) is 5.73 Å². The molecule has 1 rings (SSSR count). The number of carbonyl (C=O) groups excluding carboxylic acids is 2. The molecule has 0 heterocycles. The number of nitrogens with one attached hydrogen (secondary N) is 1. The third kappa shape index (κ3) is 6.88. The molecule has 0 unspecified atom stereocenters. The molecule has 3 N–H and O–H groups in total. The van der Waals surface area contributed by atoms with Gasteiger partial charge in [-0.25, -0.2) is 4.39 Å². The molecule has 1 aromatic rings. The molecule has 116 valence electrons. The monoisotopic (exact) mass is 294 g/mol. The van der Waals surface area contributed by atoms with Gasteiger partial charge >= 0.3 is 0 Å². The molecule has 0 radical (unpaired) electrons. The van der Waals surface area contributed by atoms with Gasteiger partial charge < -0.3 is 11.1 Å². The summed E-state index contributed by atoms with van der Waals surface area (Å²) in [5.41, 5.74) is 6.01. The molecular formula is C16H23FN2O2. The molecule has 21 heavy (non-hydrogen) atoms. The highest BCUT2D eigenvalue weighted by molar-refractivity contribution is 5.87. The van der Waals surface area contributed by atoms with Crippen molar-refractivity contribution < 1.29 is 14.0 Å². The third-order valence-electron chi connectivity index (χ3n) is 3.30. The van der Waals surface area contributed by atoms with Crippen molar-refractivity contribution in [2.75, 3.05) is 0 Å². The molecule has 2 amide bonds. The Morgan fingerprint density at radius 1 is 1.19 bits per heavy atom. The number of nitrogens with two attached hydrogens (primary N) is 1. The van der Waals surface area contributed by atoms with Gasteiger partial charge in [0.25, 0.3) is 0 Å². The Bertz CT molecular complexity index is 460. The molecule has 4 nitrogen and oxygen atoms in total. The summed E-state index contributed by atoms with van der Waals surface area (Å²) in [5.74, 6) is -1.13. The fourth-order valence-corrected chi connectivity index (χ4v) is 2.09. The second kappa shape index (κ2) is 9.10. The van der Waals surface area contributed by atoms with Crippen LogP contribution in [-0.2, 0) is 16.0 Å². The summed E-state index contributed by atoms with van der Waals surface area (Å²) in [7, 11) is 0. The summed E-state index contributed by atoms with van der Waals surface area (Å²) in [6.45, 7) is 2.11. The molecule has 0 saturated carbocycles. The van der Waals surface area contributed by atoms with E-state index < -0.39 is 11.9 Å². The van der Waals surface area contributed by atoms with Crippen molar-refractivity contribution in [1.29, 1.82) is 0 Å². The maximum absolute atomic E-state index is 12.8. The van der Waals surface area contributed by atoms with Gasteiger partial charge in [-0.05, 0) is 24.1 Å². The number of hydrogen-bond donors (Lipinski definition) is 2. The average molecular weight is 294 g/mol. The van der Waals surface area contributed by atoms with E-state index in [0.717, 1.165) is 25.7 Å². The Morgan fingerprint density at radius 3 is 2.43 bits per heavy atom. The number of unbranched alkanes of at least 4 members (excludes halogenated alkanes) is 3. The van der Waals surface area contributed by atoms with Crippen molar-refractivity contribution in [2.45, 2.75) is 51.5 Å². The quantitative estimate of drug-likeness (QED) is 0.686. The highest BCUT2D eigenvalue weighted by Crippen LogP contribution is 2.07.